The number of hydrogen-bond donors (Lipinski definition) is 2. The molecule has 1 heterocycles. The molecule has 2 rings (SSSR count). The van der Waals surface area contributed by atoms with Crippen LogP contribution >= 0.6 is 0 Å². The third-order valence-corrected chi connectivity index (χ3v) is 3.03. The predicted molar refractivity (Wildman–Crippen MR) is 69.7 cm³/mol. The first-order chi connectivity index (χ1) is 8.35. The van der Waals surface area contributed by atoms with Crippen molar-refractivity contribution in [3.63, 3.8) is 0 Å². The number of nitrogens with one attached hydrogen (secondary N) is 1. The number of para-hydroxylation sites is 1. The van der Waals surface area contributed by atoms with Crippen LogP contribution in [0.2, 0.25) is 0 Å². The zero-order chi connectivity index (χ0) is 12.1. The molecule has 1 aromatic carbocycles. The van der Waals surface area contributed by atoms with E-state index in [-0.39, 0.29) is 12.6 Å². The molecule has 0 spiro atoms. The third-order valence-electron chi connectivity index (χ3n) is 3.03. The summed E-state index contributed by atoms with van der Waals surface area (Å²) < 4.78 is 0. The Bertz CT molecular complexity index is 475. The second kappa shape index (κ2) is 5.75. The minimum atomic E-state index is 0.168. The number of aliphatic hydroxyl groups excluding tert-OH is 1. The highest BCUT2D eigenvalue weighted by Crippen LogP contribution is 2.15. The van der Waals surface area contributed by atoms with Gasteiger partial charge in [-0.2, -0.15) is 0 Å². The van der Waals surface area contributed by atoms with Crippen LogP contribution in [0.5, 0.6) is 0 Å². The molecule has 1 atom stereocenters. The van der Waals surface area contributed by atoms with Crippen LogP contribution in [-0.2, 0) is 6.54 Å². The second-order valence-corrected chi connectivity index (χ2v) is 4.16. The van der Waals surface area contributed by atoms with Gasteiger partial charge >= 0.3 is 0 Å². The van der Waals surface area contributed by atoms with E-state index in [0.29, 0.717) is 0 Å². The Balaban J connectivity index is 2.18. The number of benzene rings is 1. The molecule has 0 radical (unpaired) electrons. The van der Waals surface area contributed by atoms with Crippen molar-refractivity contribution in [2.75, 3.05) is 6.61 Å². The third kappa shape index (κ3) is 2.81. The van der Waals surface area contributed by atoms with Gasteiger partial charge in [0.2, 0.25) is 0 Å². The van der Waals surface area contributed by atoms with E-state index in [4.69, 9.17) is 5.11 Å². The topological polar surface area (TPSA) is 45.1 Å². The Morgan fingerprint density at radius 1 is 1.29 bits per heavy atom. The molecule has 0 fully saturated rings. The number of hydrogen-bond acceptors (Lipinski definition) is 3. The molecule has 3 nitrogen and oxygen atoms in total. The average Bonchev–Trinajstić information content (AvgIpc) is 2.40. The maximum Gasteiger partial charge on any atom is 0.0705 e. The van der Waals surface area contributed by atoms with Crippen molar-refractivity contribution >= 4 is 10.9 Å². The average molecular weight is 230 g/mol. The minimum absolute atomic E-state index is 0.168. The lowest BCUT2D eigenvalue weighted by Crippen LogP contribution is -2.31. The number of aromatic nitrogens is 1. The van der Waals surface area contributed by atoms with Crippen molar-refractivity contribution in [3.05, 3.63) is 42.1 Å². The van der Waals surface area contributed by atoms with E-state index in [1.165, 1.54) is 10.9 Å². The van der Waals surface area contributed by atoms with E-state index in [0.717, 1.165) is 18.5 Å². The molecule has 0 aliphatic heterocycles. The Labute approximate surface area is 102 Å². The SMILES string of the molecule is CC[C@@H](CO)NCc1ccnc2ccccc12. The maximum absolute atomic E-state index is 9.14. The van der Waals surface area contributed by atoms with Gasteiger partial charge in [0.1, 0.15) is 0 Å². The van der Waals surface area contributed by atoms with Gasteiger partial charge in [0, 0.05) is 24.2 Å². The lowest BCUT2D eigenvalue weighted by Gasteiger charge is -2.14. The molecule has 0 saturated heterocycles. The standard InChI is InChI=1S/C14H18N2O/c1-2-12(10-17)16-9-11-7-8-15-14-6-4-3-5-13(11)14/h3-8,12,16-17H,2,9-10H2,1H3/t12-/m0/s1. The fourth-order valence-corrected chi connectivity index (χ4v) is 1.90. The Morgan fingerprint density at radius 3 is 2.88 bits per heavy atom. The summed E-state index contributed by atoms with van der Waals surface area (Å²) in [5.41, 5.74) is 2.24. The molecule has 0 unspecified atom stereocenters. The molecule has 2 N–H and O–H groups in total. The van der Waals surface area contributed by atoms with Gasteiger partial charge in [-0.05, 0) is 24.1 Å². The van der Waals surface area contributed by atoms with Gasteiger partial charge in [-0.15, -0.1) is 0 Å². The maximum atomic E-state index is 9.14. The Hall–Kier alpha value is -1.45. The van der Waals surface area contributed by atoms with Crippen LogP contribution in [0.1, 0.15) is 18.9 Å². The highest BCUT2D eigenvalue weighted by atomic mass is 16.3. The Morgan fingerprint density at radius 2 is 2.12 bits per heavy atom. The highest BCUT2D eigenvalue weighted by Gasteiger charge is 2.05. The van der Waals surface area contributed by atoms with Crippen molar-refractivity contribution in [2.24, 2.45) is 0 Å². The van der Waals surface area contributed by atoms with Crippen LogP contribution in [-0.4, -0.2) is 22.7 Å². The molecule has 0 amide bonds. The van der Waals surface area contributed by atoms with Crippen molar-refractivity contribution in [2.45, 2.75) is 25.9 Å². The van der Waals surface area contributed by atoms with Gasteiger partial charge in [0.15, 0.2) is 0 Å². The summed E-state index contributed by atoms with van der Waals surface area (Å²) >= 11 is 0. The molecule has 0 saturated carbocycles. The van der Waals surface area contributed by atoms with Crippen molar-refractivity contribution in [1.29, 1.82) is 0 Å². The highest BCUT2D eigenvalue weighted by molar-refractivity contribution is 5.81. The summed E-state index contributed by atoms with van der Waals surface area (Å²) in [5, 5.41) is 13.7. The minimum Gasteiger partial charge on any atom is -0.395 e. The summed E-state index contributed by atoms with van der Waals surface area (Å²) in [7, 11) is 0. The summed E-state index contributed by atoms with van der Waals surface area (Å²) in [5.74, 6) is 0. The predicted octanol–water partition coefficient (Wildman–Crippen LogP) is 2.10. The van der Waals surface area contributed by atoms with E-state index < -0.39 is 0 Å². The fourth-order valence-electron chi connectivity index (χ4n) is 1.90. The van der Waals surface area contributed by atoms with Crippen LogP contribution in [0, 0.1) is 0 Å². The molecular formula is C14H18N2O. The quantitative estimate of drug-likeness (QED) is 0.826. The molecule has 90 valence electrons. The zero-order valence-electron chi connectivity index (χ0n) is 10.1. The van der Waals surface area contributed by atoms with E-state index in [1.54, 1.807) is 0 Å². The molecule has 1 aromatic heterocycles. The number of fused-ring (bicyclic) bond motifs is 1. The van der Waals surface area contributed by atoms with Crippen molar-refractivity contribution in [3.8, 4) is 0 Å². The van der Waals surface area contributed by atoms with Crippen molar-refractivity contribution in [1.82, 2.24) is 10.3 Å². The normalized spacial score (nSPS) is 12.8. The van der Waals surface area contributed by atoms with Crippen LogP contribution in [0.15, 0.2) is 36.5 Å². The first-order valence-corrected chi connectivity index (χ1v) is 6.02. The number of rotatable bonds is 5. The van der Waals surface area contributed by atoms with E-state index in [1.807, 2.05) is 30.5 Å². The molecule has 2 aromatic rings. The van der Waals surface area contributed by atoms with Gasteiger partial charge in [-0.1, -0.05) is 25.1 Å². The zero-order valence-corrected chi connectivity index (χ0v) is 10.1. The lowest BCUT2D eigenvalue weighted by molar-refractivity contribution is 0.238. The van der Waals surface area contributed by atoms with Crippen LogP contribution in [0.3, 0.4) is 0 Å². The molecular weight excluding hydrogens is 212 g/mol. The smallest absolute Gasteiger partial charge is 0.0705 e. The first kappa shape index (κ1) is 12.0. The molecule has 17 heavy (non-hydrogen) atoms. The van der Waals surface area contributed by atoms with Gasteiger partial charge in [0.05, 0.1) is 12.1 Å². The van der Waals surface area contributed by atoms with E-state index >= 15 is 0 Å². The van der Waals surface area contributed by atoms with E-state index in [9.17, 15) is 0 Å². The van der Waals surface area contributed by atoms with Crippen LogP contribution in [0.4, 0.5) is 0 Å². The molecule has 3 heteroatoms. The molecule has 0 aliphatic rings. The van der Waals surface area contributed by atoms with Gasteiger partial charge in [-0.25, -0.2) is 0 Å². The summed E-state index contributed by atoms with van der Waals surface area (Å²) in [4.78, 5) is 4.33. The second-order valence-electron chi connectivity index (χ2n) is 4.16. The molecule has 0 aliphatic carbocycles. The largest absolute Gasteiger partial charge is 0.395 e. The summed E-state index contributed by atoms with van der Waals surface area (Å²) in [6, 6.07) is 10.3. The van der Waals surface area contributed by atoms with Crippen molar-refractivity contribution < 1.29 is 5.11 Å². The first-order valence-electron chi connectivity index (χ1n) is 6.02. The number of aliphatic hydroxyl groups is 1. The monoisotopic (exact) mass is 230 g/mol. The summed E-state index contributed by atoms with van der Waals surface area (Å²) in [6.07, 6.45) is 2.76. The van der Waals surface area contributed by atoms with Crippen LogP contribution in [0.25, 0.3) is 10.9 Å². The fraction of sp³-hybridized carbons (Fsp3) is 0.357. The molecule has 0 bridgehead atoms. The van der Waals surface area contributed by atoms with Crippen LogP contribution < -0.4 is 5.32 Å². The summed E-state index contributed by atoms with van der Waals surface area (Å²) in [6.45, 7) is 3.01. The lowest BCUT2D eigenvalue weighted by atomic mass is 10.1. The van der Waals surface area contributed by atoms with E-state index in [2.05, 4.69) is 23.3 Å². The van der Waals surface area contributed by atoms with Gasteiger partial charge < -0.3 is 10.4 Å². The van der Waals surface area contributed by atoms with Gasteiger partial charge in [-0.3, -0.25) is 4.98 Å². The number of pyridine rings is 1. The number of nitrogens with zero attached hydrogens (tertiary/aromatic N) is 1. The van der Waals surface area contributed by atoms with Gasteiger partial charge in [0.25, 0.3) is 0 Å². The Kier molecular flexibility index (Phi) is 4.07.